The minimum Gasteiger partial charge on any atom is -0.489 e. The number of halogens is 1. The van der Waals surface area contributed by atoms with E-state index in [1.165, 1.54) is 6.07 Å². The predicted octanol–water partition coefficient (Wildman–Crippen LogP) is 1.15. The van der Waals surface area contributed by atoms with Gasteiger partial charge < -0.3 is 14.7 Å². The number of benzene rings is 1. The summed E-state index contributed by atoms with van der Waals surface area (Å²) in [4.78, 5) is 14.5. The van der Waals surface area contributed by atoms with Crippen molar-refractivity contribution in [3.63, 3.8) is 0 Å². The second-order valence-corrected chi connectivity index (χ2v) is 4.75. The van der Waals surface area contributed by atoms with Crippen LogP contribution in [0.4, 0.5) is 4.39 Å². The quantitative estimate of drug-likeness (QED) is 0.737. The van der Waals surface area contributed by atoms with Crippen molar-refractivity contribution in [1.29, 1.82) is 0 Å². The third-order valence-electron chi connectivity index (χ3n) is 2.72. The number of aliphatic carboxylic acids is 1. The number of rotatable bonds is 9. The molecule has 1 rings (SSSR count). The third kappa shape index (κ3) is 6.49. The molecule has 5 nitrogen and oxygen atoms in total. The average Bonchev–Trinajstić information content (AvgIpc) is 2.37. The van der Waals surface area contributed by atoms with Crippen molar-refractivity contribution in [3.8, 4) is 5.75 Å². The van der Waals surface area contributed by atoms with Gasteiger partial charge in [-0.1, -0.05) is 12.1 Å². The minimum atomic E-state index is -0.880. The van der Waals surface area contributed by atoms with Gasteiger partial charge in [-0.05, 0) is 26.2 Å². The van der Waals surface area contributed by atoms with Crippen LogP contribution in [-0.2, 0) is 4.79 Å². The Kier molecular flexibility index (Phi) is 6.97. The van der Waals surface area contributed by atoms with Crippen LogP contribution in [0.2, 0.25) is 0 Å². The van der Waals surface area contributed by atoms with Crippen molar-refractivity contribution in [1.82, 2.24) is 9.80 Å². The maximum absolute atomic E-state index is 13.3. The SMILES string of the molecule is CN(C)CCN(CCOc1ccccc1F)CC(=O)O. The van der Waals surface area contributed by atoms with Crippen LogP contribution in [0, 0.1) is 5.82 Å². The Morgan fingerprint density at radius 3 is 2.55 bits per heavy atom. The molecule has 0 aliphatic heterocycles. The molecule has 0 amide bonds. The Hall–Kier alpha value is -1.66. The van der Waals surface area contributed by atoms with Crippen molar-refractivity contribution in [3.05, 3.63) is 30.1 Å². The van der Waals surface area contributed by atoms with Crippen LogP contribution < -0.4 is 4.74 Å². The molecule has 0 saturated carbocycles. The molecule has 0 bridgehead atoms. The Balaban J connectivity index is 2.41. The summed E-state index contributed by atoms with van der Waals surface area (Å²) in [5.74, 6) is -1.10. The van der Waals surface area contributed by atoms with Gasteiger partial charge in [-0.15, -0.1) is 0 Å². The average molecular weight is 284 g/mol. The van der Waals surface area contributed by atoms with Gasteiger partial charge in [0.2, 0.25) is 0 Å². The second-order valence-electron chi connectivity index (χ2n) is 4.75. The van der Waals surface area contributed by atoms with E-state index in [1.807, 2.05) is 19.0 Å². The molecule has 0 fully saturated rings. The maximum Gasteiger partial charge on any atom is 0.317 e. The molecule has 1 aromatic rings. The predicted molar refractivity (Wildman–Crippen MR) is 74.5 cm³/mol. The van der Waals surface area contributed by atoms with Gasteiger partial charge >= 0.3 is 5.97 Å². The van der Waals surface area contributed by atoms with Crippen molar-refractivity contribution in [2.75, 3.05) is 46.9 Å². The fraction of sp³-hybridized carbons (Fsp3) is 0.500. The molecule has 0 radical (unpaired) electrons. The molecule has 0 heterocycles. The molecule has 20 heavy (non-hydrogen) atoms. The van der Waals surface area contributed by atoms with Crippen molar-refractivity contribution < 1.29 is 19.0 Å². The van der Waals surface area contributed by atoms with Crippen LogP contribution in [-0.4, -0.2) is 67.8 Å². The van der Waals surface area contributed by atoms with Gasteiger partial charge in [-0.3, -0.25) is 9.69 Å². The summed E-state index contributed by atoms with van der Waals surface area (Å²) < 4.78 is 18.7. The van der Waals surface area contributed by atoms with E-state index < -0.39 is 11.8 Å². The summed E-state index contributed by atoms with van der Waals surface area (Å²) in [7, 11) is 3.85. The molecule has 0 atom stereocenters. The number of carbonyl (C=O) groups is 1. The van der Waals surface area contributed by atoms with E-state index in [1.54, 1.807) is 23.1 Å². The zero-order valence-electron chi connectivity index (χ0n) is 11.9. The van der Waals surface area contributed by atoms with E-state index in [-0.39, 0.29) is 18.9 Å². The molecule has 1 aromatic carbocycles. The lowest BCUT2D eigenvalue weighted by atomic mass is 10.3. The first kappa shape index (κ1) is 16.4. The lowest BCUT2D eigenvalue weighted by Gasteiger charge is -2.22. The van der Waals surface area contributed by atoms with Gasteiger partial charge in [0.15, 0.2) is 11.6 Å². The van der Waals surface area contributed by atoms with Crippen LogP contribution in [0.15, 0.2) is 24.3 Å². The van der Waals surface area contributed by atoms with Crippen LogP contribution in [0.1, 0.15) is 0 Å². The van der Waals surface area contributed by atoms with Crippen LogP contribution >= 0.6 is 0 Å². The van der Waals surface area contributed by atoms with Gasteiger partial charge in [0.1, 0.15) is 6.61 Å². The smallest absolute Gasteiger partial charge is 0.317 e. The van der Waals surface area contributed by atoms with Gasteiger partial charge in [-0.2, -0.15) is 0 Å². The molecule has 0 unspecified atom stereocenters. The fourth-order valence-corrected chi connectivity index (χ4v) is 1.65. The molecule has 112 valence electrons. The highest BCUT2D eigenvalue weighted by Crippen LogP contribution is 2.14. The topological polar surface area (TPSA) is 53.0 Å². The summed E-state index contributed by atoms with van der Waals surface area (Å²) in [6.07, 6.45) is 0. The van der Waals surface area contributed by atoms with E-state index in [0.717, 1.165) is 6.54 Å². The molecule has 1 N–H and O–H groups in total. The number of ether oxygens (including phenoxy) is 1. The standard InChI is InChI=1S/C14H21FN2O3/c1-16(2)7-8-17(11-14(18)19)9-10-20-13-6-4-3-5-12(13)15/h3-6H,7-11H2,1-2H3,(H,18,19). The summed E-state index contributed by atoms with van der Waals surface area (Å²) >= 11 is 0. The van der Waals surface area contributed by atoms with E-state index >= 15 is 0 Å². The number of hydrogen-bond acceptors (Lipinski definition) is 4. The molecule has 0 aliphatic carbocycles. The van der Waals surface area contributed by atoms with Crippen molar-refractivity contribution >= 4 is 5.97 Å². The molecular formula is C14H21FN2O3. The van der Waals surface area contributed by atoms with E-state index in [2.05, 4.69) is 0 Å². The third-order valence-corrected chi connectivity index (χ3v) is 2.72. The molecule has 6 heteroatoms. The van der Waals surface area contributed by atoms with E-state index in [4.69, 9.17) is 9.84 Å². The first-order valence-corrected chi connectivity index (χ1v) is 6.45. The summed E-state index contributed by atoms with van der Waals surface area (Å²) in [6.45, 7) is 2.03. The lowest BCUT2D eigenvalue weighted by Crippen LogP contribution is -2.38. The summed E-state index contributed by atoms with van der Waals surface area (Å²) in [5.41, 5.74) is 0. The molecule has 0 saturated heterocycles. The number of carboxylic acid groups (broad SMARTS) is 1. The number of carboxylic acids is 1. The highest BCUT2D eigenvalue weighted by Gasteiger charge is 2.10. The van der Waals surface area contributed by atoms with E-state index in [0.29, 0.717) is 13.1 Å². The first-order chi connectivity index (χ1) is 9.49. The lowest BCUT2D eigenvalue weighted by molar-refractivity contribution is -0.138. The summed E-state index contributed by atoms with van der Waals surface area (Å²) in [5, 5.41) is 8.85. The maximum atomic E-state index is 13.3. The summed E-state index contributed by atoms with van der Waals surface area (Å²) in [6, 6.07) is 6.17. The first-order valence-electron chi connectivity index (χ1n) is 6.45. The minimum absolute atomic E-state index is 0.0472. The van der Waals surface area contributed by atoms with Crippen LogP contribution in [0.25, 0.3) is 0 Å². The monoisotopic (exact) mass is 284 g/mol. The number of para-hydroxylation sites is 1. The highest BCUT2D eigenvalue weighted by molar-refractivity contribution is 5.69. The number of nitrogens with zero attached hydrogens (tertiary/aromatic N) is 2. The highest BCUT2D eigenvalue weighted by atomic mass is 19.1. The number of likely N-dealkylation sites (N-methyl/N-ethyl adjacent to an activating group) is 1. The molecular weight excluding hydrogens is 263 g/mol. The zero-order chi connectivity index (χ0) is 15.0. The van der Waals surface area contributed by atoms with Crippen LogP contribution in [0.3, 0.4) is 0 Å². The zero-order valence-corrected chi connectivity index (χ0v) is 11.9. The van der Waals surface area contributed by atoms with Gasteiger partial charge in [0.05, 0.1) is 6.54 Å². The fourth-order valence-electron chi connectivity index (χ4n) is 1.65. The molecule has 0 aliphatic rings. The molecule has 0 aromatic heterocycles. The Bertz CT molecular complexity index is 427. The largest absolute Gasteiger partial charge is 0.489 e. The van der Waals surface area contributed by atoms with Crippen LogP contribution in [0.5, 0.6) is 5.75 Å². The van der Waals surface area contributed by atoms with Crippen molar-refractivity contribution in [2.45, 2.75) is 0 Å². The van der Waals surface area contributed by atoms with Gasteiger partial charge in [0, 0.05) is 19.6 Å². The Labute approximate surface area is 118 Å². The normalized spacial score (nSPS) is 11.1. The van der Waals surface area contributed by atoms with Gasteiger partial charge in [-0.25, -0.2) is 4.39 Å². The van der Waals surface area contributed by atoms with Gasteiger partial charge in [0.25, 0.3) is 0 Å². The van der Waals surface area contributed by atoms with E-state index in [9.17, 15) is 9.18 Å². The number of hydrogen-bond donors (Lipinski definition) is 1. The Morgan fingerprint density at radius 2 is 1.95 bits per heavy atom. The second kappa shape index (κ2) is 8.50. The molecule has 0 spiro atoms. The Morgan fingerprint density at radius 1 is 1.25 bits per heavy atom. The van der Waals surface area contributed by atoms with Crippen molar-refractivity contribution in [2.24, 2.45) is 0 Å².